The number of benzene rings is 2. The van der Waals surface area contributed by atoms with Crippen molar-refractivity contribution < 1.29 is 23.5 Å². The molecule has 3 heterocycles. The summed E-state index contributed by atoms with van der Waals surface area (Å²) in [6.45, 7) is 6.12. The van der Waals surface area contributed by atoms with E-state index >= 15 is 0 Å². The Hall–Kier alpha value is -3.58. The van der Waals surface area contributed by atoms with Crippen LogP contribution in [0.2, 0.25) is 0 Å². The number of hydrogen-bond acceptors (Lipinski definition) is 5. The molecule has 6 rings (SSSR count). The van der Waals surface area contributed by atoms with Crippen molar-refractivity contribution in [2.75, 3.05) is 11.5 Å². The smallest absolute Gasteiger partial charge is 0.342 e. The van der Waals surface area contributed by atoms with E-state index in [-0.39, 0.29) is 11.8 Å². The summed E-state index contributed by atoms with van der Waals surface area (Å²) in [4.78, 5) is 28.2. The summed E-state index contributed by atoms with van der Waals surface area (Å²) >= 11 is 0. The Labute approximate surface area is 222 Å². The third-order valence-electron chi connectivity index (χ3n) is 8.02. The molecule has 38 heavy (non-hydrogen) atoms. The van der Waals surface area contributed by atoms with Gasteiger partial charge in [-0.15, -0.1) is 0 Å². The second kappa shape index (κ2) is 10.3. The van der Waals surface area contributed by atoms with Gasteiger partial charge >= 0.3 is 5.97 Å². The van der Waals surface area contributed by atoms with E-state index in [9.17, 15) is 9.59 Å². The van der Waals surface area contributed by atoms with Crippen molar-refractivity contribution >= 4 is 39.5 Å². The summed E-state index contributed by atoms with van der Waals surface area (Å²) in [5.74, 6) is 0.221. The second-order valence-corrected chi connectivity index (χ2v) is 10.8. The predicted molar refractivity (Wildman–Crippen MR) is 146 cm³/mol. The number of aromatic nitrogens is 1. The molecular weight excluding hydrogens is 480 g/mol. The number of fused-ring (bicyclic) bond motifs is 4. The van der Waals surface area contributed by atoms with Gasteiger partial charge in [0.05, 0.1) is 17.9 Å². The molecule has 0 radical (unpaired) electrons. The molecule has 0 N–H and O–H groups in total. The van der Waals surface area contributed by atoms with E-state index in [4.69, 9.17) is 13.9 Å². The van der Waals surface area contributed by atoms with Crippen LogP contribution in [0.15, 0.2) is 59.3 Å². The highest BCUT2D eigenvalue weighted by molar-refractivity contribution is 6.13. The van der Waals surface area contributed by atoms with Gasteiger partial charge in [-0.25, -0.2) is 4.79 Å². The highest BCUT2D eigenvalue weighted by atomic mass is 16.6. The van der Waals surface area contributed by atoms with Crippen LogP contribution in [0, 0.1) is 11.8 Å². The zero-order valence-corrected chi connectivity index (χ0v) is 22.0. The number of nitrogens with zero attached hydrogens (tertiary/aromatic N) is 2. The van der Waals surface area contributed by atoms with Crippen molar-refractivity contribution in [1.29, 1.82) is 0 Å². The fraction of sp³-hybridized carbons (Fsp3) is 0.419. The number of anilines is 1. The van der Waals surface area contributed by atoms with E-state index in [1.807, 2.05) is 30.3 Å². The van der Waals surface area contributed by atoms with Crippen LogP contribution >= 0.6 is 0 Å². The molecular formula is C31H34N2O5. The molecule has 198 valence electrons. The van der Waals surface area contributed by atoms with Crippen LogP contribution in [0.4, 0.5) is 5.69 Å². The first-order valence-corrected chi connectivity index (χ1v) is 13.7. The van der Waals surface area contributed by atoms with E-state index in [2.05, 4.69) is 30.0 Å². The van der Waals surface area contributed by atoms with Gasteiger partial charge in [0.15, 0.2) is 6.23 Å². The van der Waals surface area contributed by atoms with Gasteiger partial charge in [0.25, 0.3) is 0 Å². The number of esters is 1. The van der Waals surface area contributed by atoms with Crippen molar-refractivity contribution in [1.82, 2.24) is 4.57 Å². The molecule has 0 saturated heterocycles. The van der Waals surface area contributed by atoms with Gasteiger partial charge in [-0.1, -0.05) is 13.0 Å². The molecule has 1 saturated carbocycles. The number of aryl methyl sites for hydroxylation is 1. The van der Waals surface area contributed by atoms with Crippen LogP contribution in [0.5, 0.6) is 0 Å². The average Bonchev–Trinajstić information content (AvgIpc) is 3.55. The number of rotatable bonds is 7. The van der Waals surface area contributed by atoms with E-state index < -0.39 is 12.2 Å². The normalized spacial score (nSPS) is 21.6. The Balaban J connectivity index is 1.26. The molecule has 4 aromatic rings. The van der Waals surface area contributed by atoms with Gasteiger partial charge in [-0.3, -0.25) is 9.69 Å². The molecule has 0 bridgehead atoms. The first-order valence-electron chi connectivity index (χ1n) is 13.7. The number of hydrogen-bond donors (Lipinski definition) is 0. The second-order valence-electron chi connectivity index (χ2n) is 10.8. The summed E-state index contributed by atoms with van der Waals surface area (Å²) in [6, 6.07) is 13.7. The Morgan fingerprint density at radius 1 is 1.00 bits per heavy atom. The van der Waals surface area contributed by atoms with Gasteiger partial charge in [-0.05, 0) is 86.9 Å². The Morgan fingerprint density at radius 2 is 1.76 bits per heavy atom. The summed E-state index contributed by atoms with van der Waals surface area (Å²) in [5.41, 5.74) is 3.38. The van der Waals surface area contributed by atoms with Crippen molar-refractivity contribution in [3.8, 4) is 0 Å². The summed E-state index contributed by atoms with van der Waals surface area (Å²) in [7, 11) is 0. The van der Waals surface area contributed by atoms with Crippen molar-refractivity contribution in [2.24, 2.45) is 11.8 Å². The molecule has 1 atom stereocenters. The third-order valence-corrected chi connectivity index (χ3v) is 8.02. The maximum Gasteiger partial charge on any atom is 0.342 e. The van der Waals surface area contributed by atoms with Crippen molar-refractivity contribution in [3.05, 3.63) is 66.0 Å². The lowest BCUT2D eigenvalue weighted by molar-refractivity contribution is -0.125. The molecule has 0 spiro atoms. The van der Waals surface area contributed by atoms with Crippen molar-refractivity contribution in [2.45, 2.75) is 65.3 Å². The Morgan fingerprint density at radius 3 is 2.55 bits per heavy atom. The lowest BCUT2D eigenvalue weighted by Crippen LogP contribution is -2.48. The van der Waals surface area contributed by atoms with Crippen LogP contribution < -0.4 is 4.90 Å². The SMILES string of the molecule is CC1CCC(C(=O)N2c3cc4c(cc3C(=O)OC2C)oc2ccc(COCCCn3cccc3)cc24)CC1. The van der Waals surface area contributed by atoms with Crippen LogP contribution in [0.3, 0.4) is 0 Å². The first kappa shape index (κ1) is 24.7. The maximum absolute atomic E-state index is 13.7. The molecule has 1 aliphatic carbocycles. The standard InChI is InChI=1S/C31H34N2O5/c1-20-6-9-23(10-7-20)30(34)33-21(2)37-31(35)26-18-29-25(17-27(26)33)24-16-22(8-11-28(24)38-29)19-36-15-5-14-32-12-3-4-13-32/h3-4,8,11-13,16-18,20-21,23H,5-7,9-10,14-15,19H2,1-2H3. The van der Waals surface area contributed by atoms with Crippen LogP contribution in [0.1, 0.15) is 61.9 Å². The molecule has 2 aromatic carbocycles. The van der Waals surface area contributed by atoms with Crippen molar-refractivity contribution in [3.63, 3.8) is 0 Å². The molecule has 2 aromatic heterocycles. The maximum atomic E-state index is 13.7. The summed E-state index contributed by atoms with van der Waals surface area (Å²) in [6.07, 6.45) is 8.25. The van der Waals surface area contributed by atoms with Gasteiger partial charge in [0.2, 0.25) is 5.91 Å². The van der Waals surface area contributed by atoms with Crippen LogP contribution in [-0.4, -0.2) is 29.3 Å². The van der Waals surface area contributed by atoms with E-state index in [1.54, 1.807) is 17.9 Å². The minimum atomic E-state index is -0.645. The number of amides is 1. The molecule has 7 heteroatoms. The van der Waals surface area contributed by atoms with E-state index in [0.717, 1.165) is 60.6 Å². The molecule has 2 aliphatic rings. The predicted octanol–water partition coefficient (Wildman–Crippen LogP) is 6.67. The third kappa shape index (κ3) is 4.71. The number of carbonyl (C=O) groups is 2. The monoisotopic (exact) mass is 514 g/mol. The molecule has 1 aliphatic heterocycles. The highest BCUT2D eigenvalue weighted by Crippen LogP contribution is 2.40. The fourth-order valence-corrected chi connectivity index (χ4v) is 5.84. The number of carbonyl (C=O) groups excluding carboxylic acids is 2. The lowest BCUT2D eigenvalue weighted by atomic mass is 9.82. The summed E-state index contributed by atoms with van der Waals surface area (Å²) < 4.78 is 19.8. The minimum absolute atomic E-state index is 0.0410. The minimum Gasteiger partial charge on any atom is -0.456 e. The molecule has 1 fully saturated rings. The van der Waals surface area contributed by atoms with Gasteiger partial charge in [0, 0.05) is 42.2 Å². The number of cyclic esters (lactones) is 1. The fourth-order valence-electron chi connectivity index (χ4n) is 5.84. The Kier molecular flexibility index (Phi) is 6.70. The zero-order valence-electron chi connectivity index (χ0n) is 22.0. The lowest BCUT2D eigenvalue weighted by Gasteiger charge is -2.37. The van der Waals surface area contributed by atoms with Gasteiger partial charge < -0.3 is 18.5 Å². The largest absolute Gasteiger partial charge is 0.456 e. The number of ether oxygens (including phenoxy) is 2. The highest BCUT2D eigenvalue weighted by Gasteiger charge is 2.38. The topological polar surface area (TPSA) is 73.9 Å². The zero-order chi connectivity index (χ0) is 26.2. The van der Waals surface area contributed by atoms with Crippen LogP contribution in [0.25, 0.3) is 21.9 Å². The van der Waals surface area contributed by atoms with Crippen LogP contribution in [-0.2, 0) is 27.4 Å². The van der Waals surface area contributed by atoms with Gasteiger partial charge in [-0.2, -0.15) is 0 Å². The molecule has 1 unspecified atom stereocenters. The van der Waals surface area contributed by atoms with E-state index in [1.165, 1.54) is 0 Å². The summed E-state index contributed by atoms with van der Waals surface area (Å²) in [5, 5.41) is 1.83. The Bertz CT molecular complexity index is 1460. The van der Waals surface area contributed by atoms with Gasteiger partial charge in [0.1, 0.15) is 11.2 Å². The molecule has 1 amide bonds. The number of furan rings is 1. The average molecular weight is 515 g/mol. The first-order chi connectivity index (χ1) is 18.5. The molecule has 7 nitrogen and oxygen atoms in total. The van der Waals surface area contributed by atoms with E-state index in [0.29, 0.717) is 36.0 Å². The quantitative estimate of drug-likeness (QED) is 0.203.